The predicted octanol–water partition coefficient (Wildman–Crippen LogP) is 4.69. The van der Waals surface area contributed by atoms with E-state index in [-0.39, 0.29) is 11.5 Å². The van der Waals surface area contributed by atoms with E-state index in [9.17, 15) is 4.79 Å². The van der Waals surface area contributed by atoms with Crippen molar-refractivity contribution in [3.05, 3.63) is 35.9 Å². The topological polar surface area (TPSA) is 32.8 Å². The summed E-state index contributed by atoms with van der Waals surface area (Å²) in [6.45, 7) is 11.1. The Morgan fingerprint density at radius 1 is 1.14 bits per heavy atom. The highest BCUT2D eigenvalue weighted by atomic mass is 16.6. The summed E-state index contributed by atoms with van der Waals surface area (Å²) in [6, 6.07) is 10.8. The maximum absolute atomic E-state index is 12.7. The summed E-state index contributed by atoms with van der Waals surface area (Å²) in [5.74, 6) is 1.88. The summed E-state index contributed by atoms with van der Waals surface area (Å²) in [4.78, 5) is 17.3. The lowest BCUT2D eigenvalue weighted by Gasteiger charge is -2.32. The van der Waals surface area contributed by atoms with Crippen LogP contribution in [0.4, 0.5) is 4.79 Å². The molecule has 3 unspecified atom stereocenters. The van der Waals surface area contributed by atoms with Crippen LogP contribution >= 0.6 is 0 Å². The fourth-order valence-corrected chi connectivity index (χ4v) is 5.62. The van der Waals surface area contributed by atoms with Crippen molar-refractivity contribution in [2.24, 2.45) is 11.8 Å². The van der Waals surface area contributed by atoms with Gasteiger partial charge in [-0.25, -0.2) is 4.79 Å². The number of likely N-dealkylation sites (tertiary alicyclic amines) is 2. The smallest absolute Gasteiger partial charge is 0.410 e. The molecule has 2 aliphatic heterocycles. The highest BCUT2D eigenvalue weighted by molar-refractivity contribution is 5.69. The van der Waals surface area contributed by atoms with Gasteiger partial charge in [-0.3, -0.25) is 0 Å². The van der Waals surface area contributed by atoms with Crippen LogP contribution in [-0.2, 0) is 10.2 Å². The van der Waals surface area contributed by atoms with E-state index in [0.717, 1.165) is 44.3 Å². The van der Waals surface area contributed by atoms with Gasteiger partial charge in [-0.1, -0.05) is 36.8 Å². The van der Waals surface area contributed by atoms with Crippen molar-refractivity contribution < 1.29 is 9.53 Å². The molecule has 1 aromatic carbocycles. The second kappa shape index (κ2) is 7.70. The van der Waals surface area contributed by atoms with E-state index in [4.69, 9.17) is 4.74 Å². The van der Waals surface area contributed by atoms with Crippen molar-refractivity contribution in [2.45, 2.75) is 63.9 Å². The van der Waals surface area contributed by atoms with Gasteiger partial charge in [-0.15, -0.1) is 0 Å². The number of fused-ring (bicyclic) bond motifs is 1. The lowest BCUT2D eigenvalue weighted by molar-refractivity contribution is 0.0282. The summed E-state index contributed by atoms with van der Waals surface area (Å²) < 4.78 is 5.66. The van der Waals surface area contributed by atoms with Crippen LogP contribution in [0.15, 0.2) is 30.3 Å². The molecule has 2 saturated heterocycles. The molecule has 0 spiro atoms. The molecule has 0 radical (unpaired) electrons. The first-order chi connectivity index (χ1) is 13.3. The average Bonchev–Trinajstić information content (AvgIpc) is 3.34. The Kier molecular flexibility index (Phi) is 5.43. The number of carbonyl (C=O) groups is 1. The molecule has 3 aliphatic rings. The van der Waals surface area contributed by atoms with E-state index >= 15 is 0 Å². The van der Waals surface area contributed by atoms with Crippen LogP contribution in [0.3, 0.4) is 0 Å². The summed E-state index contributed by atoms with van der Waals surface area (Å²) in [7, 11) is 0. The summed E-state index contributed by atoms with van der Waals surface area (Å²) in [6.07, 6.45) is 6.27. The van der Waals surface area contributed by atoms with Gasteiger partial charge in [0.2, 0.25) is 0 Å². The fraction of sp³-hybridized carbons (Fsp3) is 0.708. The summed E-state index contributed by atoms with van der Waals surface area (Å²) in [5.41, 5.74) is 0.985. The Balaban J connectivity index is 1.45. The minimum atomic E-state index is -0.442. The SMILES string of the molecule is CC(C)(C)OC(=O)N1CCC(CCN2CC3CCCC3C2)(c2ccccc2)C1. The van der Waals surface area contributed by atoms with Gasteiger partial charge in [0.05, 0.1) is 0 Å². The number of hydrogen-bond donors (Lipinski definition) is 0. The van der Waals surface area contributed by atoms with Crippen molar-refractivity contribution in [2.75, 3.05) is 32.7 Å². The van der Waals surface area contributed by atoms with Crippen molar-refractivity contribution in [1.29, 1.82) is 0 Å². The number of rotatable bonds is 4. The second-order valence-electron chi connectivity index (χ2n) is 10.3. The molecule has 0 aromatic heterocycles. The zero-order valence-corrected chi connectivity index (χ0v) is 17.8. The second-order valence-corrected chi connectivity index (χ2v) is 10.3. The third-order valence-corrected chi connectivity index (χ3v) is 7.10. The number of hydrogen-bond acceptors (Lipinski definition) is 3. The number of ether oxygens (including phenoxy) is 1. The van der Waals surface area contributed by atoms with E-state index in [1.807, 2.05) is 25.7 Å². The Morgan fingerprint density at radius 3 is 2.46 bits per heavy atom. The Hall–Kier alpha value is -1.55. The van der Waals surface area contributed by atoms with E-state index in [2.05, 4.69) is 35.2 Å². The molecule has 28 heavy (non-hydrogen) atoms. The number of nitrogens with zero attached hydrogens (tertiary/aromatic N) is 2. The number of benzene rings is 1. The molecule has 1 aliphatic carbocycles. The number of carbonyl (C=O) groups excluding carboxylic acids is 1. The van der Waals surface area contributed by atoms with Gasteiger partial charge >= 0.3 is 6.09 Å². The Morgan fingerprint density at radius 2 is 1.82 bits per heavy atom. The van der Waals surface area contributed by atoms with Crippen molar-refractivity contribution in [3.8, 4) is 0 Å². The van der Waals surface area contributed by atoms with Gasteiger partial charge in [0.1, 0.15) is 5.60 Å². The molecule has 0 N–H and O–H groups in total. The molecular weight excluding hydrogens is 348 g/mol. The molecule has 2 heterocycles. The van der Waals surface area contributed by atoms with Crippen LogP contribution in [0.2, 0.25) is 0 Å². The minimum absolute atomic E-state index is 0.0515. The molecule has 1 aromatic rings. The monoisotopic (exact) mass is 384 g/mol. The molecule has 3 atom stereocenters. The first-order valence-electron chi connectivity index (χ1n) is 11.1. The first kappa shape index (κ1) is 19.8. The summed E-state index contributed by atoms with van der Waals surface area (Å²) >= 11 is 0. The molecule has 3 fully saturated rings. The van der Waals surface area contributed by atoms with Gasteiger partial charge in [0.25, 0.3) is 0 Å². The van der Waals surface area contributed by atoms with Gasteiger partial charge in [-0.2, -0.15) is 0 Å². The highest BCUT2D eigenvalue weighted by Crippen LogP contribution is 2.41. The van der Waals surface area contributed by atoms with Gasteiger partial charge in [-0.05, 0) is 70.4 Å². The third-order valence-electron chi connectivity index (χ3n) is 7.10. The number of amides is 1. The summed E-state index contributed by atoms with van der Waals surface area (Å²) in [5, 5.41) is 0. The zero-order chi connectivity index (χ0) is 19.8. The molecule has 154 valence electrons. The van der Waals surface area contributed by atoms with Crippen LogP contribution in [0.25, 0.3) is 0 Å². The van der Waals surface area contributed by atoms with E-state index in [0.29, 0.717) is 0 Å². The lowest BCUT2D eigenvalue weighted by Crippen LogP contribution is -2.39. The van der Waals surface area contributed by atoms with Gasteiger partial charge in [0.15, 0.2) is 0 Å². The molecule has 0 bridgehead atoms. The Bertz CT molecular complexity index is 672. The lowest BCUT2D eigenvalue weighted by atomic mass is 9.76. The fourth-order valence-electron chi connectivity index (χ4n) is 5.62. The van der Waals surface area contributed by atoms with Crippen molar-refractivity contribution in [1.82, 2.24) is 9.80 Å². The van der Waals surface area contributed by atoms with Crippen LogP contribution in [0, 0.1) is 11.8 Å². The molecule has 4 rings (SSSR count). The van der Waals surface area contributed by atoms with Crippen LogP contribution in [-0.4, -0.2) is 54.2 Å². The Labute approximate surface area is 170 Å². The van der Waals surface area contributed by atoms with Crippen LogP contribution in [0.5, 0.6) is 0 Å². The van der Waals surface area contributed by atoms with E-state index in [1.165, 1.54) is 37.9 Å². The normalized spacial score (nSPS) is 30.6. The average molecular weight is 385 g/mol. The molecule has 4 heteroatoms. The molecule has 1 saturated carbocycles. The highest BCUT2D eigenvalue weighted by Gasteiger charge is 2.43. The maximum Gasteiger partial charge on any atom is 0.410 e. The standard InChI is InChI=1S/C24H36N2O2/c1-23(2,3)28-22(27)26-15-13-24(18-26,21-10-5-4-6-11-21)12-14-25-16-19-8-7-9-20(19)17-25/h4-6,10-11,19-20H,7-9,12-18H2,1-3H3. The van der Waals surface area contributed by atoms with Gasteiger partial charge < -0.3 is 14.5 Å². The van der Waals surface area contributed by atoms with Crippen molar-refractivity contribution in [3.63, 3.8) is 0 Å². The van der Waals surface area contributed by atoms with Crippen molar-refractivity contribution >= 4 is 6.09 Å². The first-order valence-corrected chi connectivity index (χ1v) is 11.1. The quantitative estimate of drug-likeness (QED) is 0.755. The maximum atomic E-state index is 12.7. The van der Waals surface area contributed by atoms with E-state index in [1.54, 1.807) is 0 Å². The molecule has 1 amide bonds. The minimum Gasteiger partial charge on any atom is -0.444 e. The zero-order valence-electron chi connectivity index (χ0n) is 17.8. The predicted molar refractivity (Wildman–Crippen MR) is 112 cm³/mol. The van der Waals surface area contributed by atoms with E-state index < -0.39 is 5.60 Å². The molecular formula is C24H36N2O2. The van der Waals surface area contributed by atoms with Crippen LogP contribution < -0.4 is 0 Å². The largest absolute Gasteiger partial charge is 0.444 e. The molecule has 4 nitrogen and oxygen atoms in total. The third kappa shape index (κ3) is 4.22. The van der Waals surface area contributed by atoms with Gasteiger partial charge in [0, 0.05) is 31.6 Å². The van der Waals surface area contributed by atoms with Crippen LogP contribution in [0.1, 0.15) is 58.4 Å².